The van der Waals surface area contributed by atoms with Crippen molar-refractivity contribution in [2.24, 2.45) is 23.2 Å². The zero-order valence-corrected chi connectivity index (χ0v) is 18.0. The Morgan fingerprint density at radius 2 is 2.06 bits per heavy atom. The molecule has 2 aromatic rings. The summed E-state index contributed by atoms with van der Waals surface area (Å²) in [6.07, 6.45) is 3.91. The highest BCUT2D eigenvalue weighted by molar-refractivity contribution is 5.74. The number of rotatable bonds is 3. The fourth-order valence-electron chi connectivity index (χ4n) is 6.76. The predicted octanol–water partition coefficient (Wildman–Crippen LogP) is 4.16. The highest BCUT2D eigenvalue weighted by Crippen LogP contribution is 2.62. The van der Waals surface area contributed by atoms with Gasteiger partial charge in [-0.3, -0.25) is 4.79 Å². The maximum Gasteiger partial charge on any atom is 0.311 e. The number of fused-ring (bicyclic) bond motifs is 5. The molecule has 0 saturated heterocycles. The van der Waals surface area contributed by atoms with Gasteiger partial charge in [-0.15, -0.1) is 0 Å². The van der Waals surface area contributed by atoms with E-state index in [9.17, 15) is 15.0 Å². The van der Waals surface area contributed by atoms with Gasteiger partial charge in [0.25, 0.3) is 0 Å². The lowest BCUT2D eigenvalue weighted by molar-refractivity contribution is -0.154. The molecule has 4 N–H and O–H groups in total. The summed E-state index contributed by atoms with van der Waals surface area (Å²) in [6, 6.07) is 13.1. The largest absolute Gasteiger partial charge is 0.508 e. The number of carbonyl (C=O) groups is 1. The molecule has 2 aromatic carbocycles. The molecule has 3 aliphatic rings. The fraction of sp³-hybridized carbons (Fsp3) is 0.500. The molecule has 5 heteroatoms. The van der Waals surface area contributed by atoms with Crippen molar-refractivity contribution in [3.63, 3.8) is 0 Å². The van der Waals surface area contributed by atoms with Crippen molar-refractivity contribution in [2.45, 2.75) is 57.7 Å². The topological polar surface area (TPSA) is 92.8 Å². The number of aromatic hydroxyl groups is 1. The summed E-state index contributed by atoms with van der Waals surface area (Å²) in [5, 5.41) is 21.1. The highest BCUT2D eigenvalue weighted by Gasteiger charge is 2.59. The van der Waals surface area contributed by atoms with Crippen LogP contribution in [-0.4, -0.2) is 22.3 Å². The molecule has 31 heavy (non-hydrogen) atoms. The van der Waals surface area contributed by atoms with Crippen LogP contribution in [0, 0.1) is 23.2 Å². The smallest absolute Gasteiger partial charge is 0.311 e. The van der Waals surface area contributed by atoms with Gasteiger partial charge in [0.1, 0.15) is 12.4 Å². The van der Waals surface area contributed by atoms with Crippen molar-refractivity contribution in [3.05, 3.63) is 59.2 Å². The van der Waals surface area contributed by atoms with E-state index in [1.165, 1.54) is 11.1 Å². The summed E-state index contributed by atoms with van der Waals surface area (Å²) >= 11 is 0. The molecule has 0 amide bonds. The zero-order chi connectivity index (χ0) is 21.8. The molecule has 2 fully saturated rings. The molecular formula is C26H31NO4. The van der Waals surface area contributed by atoms with E-state index < -0.39 is 12.0 Å². The number of benzene rings is 2. The minimum absolute atomic E-state index is 0.178. The van der Waals surface area contributed by atoms with Gasteiger partial charge in [0.05, 0.1) is 12.0 Å². The van der Waals surface area contributed by atoms with Crippen LogP contribution in [0.3, 0.4) is 0 Å². The second kappa shape index (κ2) is 7.56. The summed E-state index contributed by atoms with van der Waals surface area (Å²) in [7, 11) is 0. The van der Waals surface area contributed by atoms with Crippen molar-refractivity contribution in [3.8, 4) is 5.75 Å². The third kappa shape index (κ3) is 3.39. The Labute approximate surface area is 183 Å². The van der Waals surface area contributed by atoms with E-state index in [1.54, 1.807) is 18.2 Å². The number of nitrogens with two attached hydrogens (primary N) is 1. The average Bonchev–Trinajstić information content (AvgIpc) is 3.03. The monoisotopic (exact) mass is 421 g/mol. The van der Waals surface area contributed by atoms with Crippen LogP contribution in [0.15, 0.2) is 42.5 Å². The number of phenols is 1. The van der Waals surface area contributed by atoms with Gasteiger partial charge in [0, 0.05) is 5.69 Å². The summed E-state index contributed by atoms with van der Waals surface area (Å²) < 4.78 is 5.61. The highest BCUT2D eigenvalue weighted by atomic mass is 16.5. The molecule has 0 bridgehead atoms. The van der Waals surface area contributed by atoms with Crippen LogP contribution in [-0.2, 0) is 22.6 Å². The first-order chi connectivity index (χ1) is 14.9. The normalized spacial score (nSPS) is 33.8. The van der Waals surface area contributed by atoms with Gasteiger partial charge in [-0.1, -0.05) is 25.1 Å². The number of anilines is 1. The van der Waals surface area contributed by atoms with Gasteiger partial charge < -0.3 is 20.7 Å². The third-order valence-corrected chi connectivity index (χ3v) is 8.35. The lowest BCUT2D eigenvalue weighted by atomic mass is 9.55. The van der Waals surface area contributed by atoms with Crippen LogP contribution in [0.2, 0.25) is 0 Å². The molecule has 0 aliphatic heterocycles. The van der Waals surface area contributed by atoms with Crippen LogP contribution in [0.25, 0.3) is 0 Å². The summed E-state index contributed by atoms with van der Waals surface area (Å²) in [5.41, 5.74) is 9.66. The Morgan fingerprint density at radius 1 is 1.23 bits per heavy atom. The molecule has 6 atom stereocenters. The fourth-order valence-corrected chi connectivity index (χ4v) is 6.76. The van der Waals surface area contributed by atoms with E-state index >= 15 is 0 Å². The van der Waals surface area contributed by atoms with Crippen molar-refractivity contribution in [2.75, 3.05) is 5.73 Å². The Balaban J connectivity index is 1.33. The van der Waals surface area contributed by atoms with Gasteiger partial charge in [0.15, 0.2) is 0 Å². The van der Waals surface area contributed by atoms with Crippen molar-refractivity contribution in [1.29, 1.82) is 0 Å². The number of hydrogen-bond acceptors (Lipinski definition) is 5. The third-order valence-electron chi connectivity index (χ3n) is 8.35. The van der Waals surface area contributed by atoms with E-state index in [0.29, 0.717) is 35.6 Å². The first kappa shape index (κ1) is 20.4. The molecule has 3 aliphatic carbocycles. The first-order valence-corrected chi connectivity index (χ1v) is 11.4. The minimum atomic E-state index is -0.673. The second-order valence-corrected chi connectivity index (χ2v) is 9.98. The number of ether oxygens (including phenoxy) is 1. The second-order valence-electron chi connectivity index (χ2n) is 9.98. The molecule has 164 valence electrons. The van der Waals surface area contributed by atoms with Crippen molar-refractivity contribution >= 4 is 11.7 Å². The van der Waals surface area contributed by atoms with E-state index in [-0.39, 0.29) is 18.0 Å². The average molecular weight is 422 g/mol. The molecule has 0 spiro atoms. The van der Waals surface area contributed by atoms with Crippen LogP contribution in [0.1, 0.15) is 55.2 Å². The number of carbonyl (C=O) groups excluding carboxylic acids is 1. The Bertz CT molecular complexity index is 1000. The number of aryl methyl sites for hydroxylation is 1. The van der Waals surface area contributed by atoms with Gasteiger partial charge in [-0.2, -0.15) is 0 Å². The standard InChI is InChI=1S/C26H31NO4/c1-26-10-9-20-19-8-6-18(28)12-16(19)5-7-21(20)23(26)13-22(24(26)29)25(30)31-14-15-3-2-4-17(27)11-15/h2-4,6,8,11-12,20-24,28-29H,5,7,9-10,13-14,27H2,1H3/t20-,21-,22+,23+,24+,26+/m1/s1. The molecule has 5 rings (SSSR count). The lowest BCUT2D eigenvalue weighted by Gasteiger charge is -2.50. The van der Waals surface area contributed by atoms with E-state index in [1.807, 2.05) is 18.2 Å². The maximum absolute atomic E-state index is 13.0. The summed E-state index contributed by atoms with van der Waals surface area (Å²) in [5.74, 6) is 0.748. The first-order valence-electron chi connectivity index (χ1n) is 11.4. The summed E-state index contributed by atoms with van der Waals surface area (Å²) in [4.78, 5) is 13.0. The number of aliphatic hydroxyl groups is 1. The predicted molar refractivity (Wildman–Crippen MR) is 118 cm³/mol. The van der Waals surface area contributed by atoms with Gasteiger partial charge in [0.2, 0.25) is 0 Å². The number of hydrogen-bond donors (Lipinski definition) is 3. The van der Waals surface area contributed by atoms with Gasteiger partial charge in [-0.05, 0) is 96.2 Å². The van der Waals surface area contributed by atoms with Crippen LogP contribution in [0.4, 0.5) is 5.69 Å². The lowest BCUT2D eigenvalue weighted by Crippen LogP contribution is -2.44. The van der Waals surface area contributed by atoms with E-state index in [0.717, 1.165) is 31.2 Å². The Hall–Kier alpha value is -2.53. The molecule has 0 radical (unpaired) electrons. The molecule has 0 unspecified atom stereocenters. The number of nitrogen functional groups attached to an aromatic ring is 1. The number of phenolic OH excluding ortho intramolecular Hbond substituents is 1. The van der Waals surface area contributed by atoms with E-state index in [2.05, 4.69) is 13.0 Å². The Morgan fingerprint density at radius 3 is 2.87 bits per heavy atom. The molecule has 0 heterocycles. The van der Waals surface area contributed by atoms with Crippen LogP contribution >= 0.6 is 0 Å². The minimum Gasteiger partial charge on any atom is -0.508 e. The molecule has 5 nitrogen and oxygen atoms in total. The van der Waals surface area contributed by atoms with E-state index in [4.69, 9.17) is 10.5 Å². The van der Waals surface area contributed by atoms with Gasteiger partial charge >= 0.3 is 5.97 Å². The molecule has 2 saturated carbocycles. The summed E-state index contributed by atoms with van der Waals surface area (Å²) in [6.45, 7) is 2.34. The molecular weight excluding hydrogens is 390 g/mol. The maximum atomic E-state index is 13.0. The van der Waals surface area contributed by atoms with Crippen LogP contribution in [0.5, 0.6) is 5.75 Å². The quantitative estimate of drug-likeness (QED) is 0.511. The van der Waals surface area contributed by atoms with Gasteiger partial charge in [-0.25, -0.2) is 0 Å². The van der Waals surface area contributed by atoms with Crippen molar-refractivity contribution < 1.29 is 19.7 Å². The zero-order valence-electron chi connectivity index (χ0n) is 18.0. The van der Waals surface area contributed by atoms with Crippen molar-refractivity contribution in [1.82, 2.24) is 0 Å². The van der Waals surface area contributed by atoms with Crippen LogP contribution < -0.4 is 5.73 Å². The number of aliphatic hydroxyl groups excluding tert-OH is 1. The molecule has 0 aromatic heterocycles. The SMILES string of the molecule is C[C@]12CC[C@@H]3c4ccc(O)cc4CC[C@H]3[C@@H]1C[C@H](C(=O)OCc1cccc(N)c1)[C@@H]2O. The Kier molecular flexibility index (Phi) is 4.97. The number of esters is 1.